The maximum absolute atomic E-state index is 13.1. The number of benzene rings is 2. The van der Waals surface area contributed by atoms with Gasteiger partial charge in [0.2, 0.25) is 0 Å². The van der Waals surface area contributed by atoms with Crippen LogP contribution in [-0.2, 0) is 6.42 Å². The lowest BCUT2D eigenvalue weighted by Crippen LogP contribution is -2.19. The third kappa shape index (κ3) is 4.12. The molecular weight excluding hydrogens is 434 g/mol. The van der Waals surface area contributed by atoms with Gasteiger partial charge in [-0.1, -0.05) is 25.1 Å². The molecule has 4 rings (SSSR count). The number of nitrogens with one attached hydrogen (secondary N) is 1. The molecule has 0 atom stereocenters. The van der Waals surface area contributed by atoms with Crippen LogP contribution in [0.25, 0.3) is 16.8 Å². The van der Waals surface area contributed by atoms with Crippen molar-refractivity contribution in [1.82, 2.24) is 19.8 Å². The first-order valence-corrected chi connectivity index (χ1v) is 11.0. The molecule has 0 aliphatic heterocycles. The van der Waals surface area contributed by atoms with Gasteiger partial charge in [0.1, 0.15) is 5.75 Å². The number of amides is 1. The van der Waals surface area contributed by atoms with E-state index in [-0.39, 0.29) is 11.6 Å². The Hall–Kier alpha value is -4.14. The smallest absolute Gasteiger partial charge is 0.278 e. The van der Waals surface area contributed by atoms with Crippen LogP contribution in [0.1, 0.15) is 35.7 Å². The second-order valence-corrected chi connectivity index (χ2v) is 7.50. The lowest BCUT2D eigenvalue weighted by Gasteiger charge is -2.12. The minimum Gasteiger partial charge on any atom is -0.493 e. The second kappa shape index (κ2) is 9.78. The van der Waals surface area contributed by atoms with Gasteiger partial charge in [0, 0.05) is 0 Å². The minimum atomic E-state index is -0.389. The highest BCUT2D eigenvalue weighted by Gasteiger charge is 2.22. The SMILES string of the molecule is CCOc1ccccc1NC(=O)c1nnc2c(-c3ccc(OC)c(OC)c3)c(CC)nn2c1C. The topological polar surface area (TPSA) is 99.9 Å². The molecule has 0 bridgehead atoms. The van der Waals surface area contributed by atoms with E-state index in [1.807, 2.05) is 44.2 Å². The largest absolute Gasteiger partial charge is 0.493 e. The molecule has 0 fully saturated rings. The fourth-order valence-electron chi connectivity index (χ4n) is 3.83. The van der Waals surface area contributed by atoms with Crippen LogP contribution in [0.5, 0.6) is 17.2 Å². The highest BCUT2D eigenvalue weighted by molar-refractivity contribution is 6.04. The standard InChI is InChI=1S/C25H27N5O4/c1-6-17-22(16-12-13-20(32-4)21(14-16)33-5)24-28-27-23(15(3)30(24)29-17)25(31)26-18-10-8-9-11-19(18)34-7-2/h8-14H,6-7H2,1-5H3,(H,26,31). The third-order valence-corrected chi connectivity index (χ3v) is 5.50. The minimum absolute atomic E-state index is 0.183. The number of para-hydroxylation sites is 2. The molecule has 9 heteroatoms. The fourth-order valence-corrected chi connectivity index (χ4v) is 3.83. The Labute approximate surface area is 197 Å². The lowest BCUT2D eigenvalue weighted by atomic mass is 10.0. The van der Waals surface area contributed by atoms with Gasteiger partial charge in [0.15, 0.2) is 22.8 Å². The van der Waals surface area contributed by atoms with Gasteiger partial charge in [-0.3, -0.25) is 4.79 Å². The average molecular weight is 462 g/mol. The van der Waals surface area contributed by atoms with E-state index < -0.39 is 0 Å². The molecule has 2 heterocycles. The van der Waals surface area contributed by atoms with Crippen molar-refractivity contribution in [1.29, 1.82) is 0 Å². The summed E-state index contributed by atoms with van der Waals surface area (Å²) in [4.78, 5) is 13.1. The van der Waals surface area contributed by atoms with Gasteiger partial charge in [0.05, 0.1) is 43.5 Å². The average Bonchev–Trinajstić information content (AvgIpc) is 3.24. The van der Waals surface area contributed by atoms with E-state index >= 15 is 0 Å². The zero-order valence-electron chi connectivity index (χ0n) is 19.9. The lowest BCUT2D eigenvalue weighted by molar-refractivity contribution is 0.101. The van der Waals surface area contributed by atoms with Gasteiger partial charge in [-0.15, -0.1) is 10.2 Å². The maximum atomic E-state index is 13.1. The van der Waals surface area contributed by atoms with E-state index in [1.165, 1.54) is 0 Å². The summed E-state index contributed by atoms with van der Waals surface area (Å²) in [6.45, 7) is 6.20. The number of methoxy groups -OCH3 is 2. The van der Waals surface area contributed by atoms with Crippen LogP contribution in [-0.4, -0.2) is 46.5 Å². The Morgan fingerprint density at radius 3 is 2.47 bits per heavy atom. The molecule has 4 aromatic rings. The Bertz CT molecular complexity index is 1350. The highest BCUT2D eigenvalue weighted by Crippen LogP contribution is 2.35. The van der Waals surface area contributed by atoms with E-state index in [4.69, 9.17) is 19.3 Å². The van der Waals surface area contributed by atoms with Crippen molar-refractivity contribution in [2.75, 3.05) is 26.1 Å². The van der Waals surface area contributed by atoms with Gasteiger partial charge >= 0.3 is 0 Å². The second-order valence-electron chi connectivity index (χ2n) is 7.50. The van der Waals surface area contributed by atoms with Crippen LogP contribution in [0.2, 0.25) is 0 Å². The third-order valence-electron chi connectivity index (χ3n) is 5.50. The number of hydrogen-bond donors (Lipinski definition) is 1. The summed E-state index contributed by atoms with van der Waals surface area (Å²) in [5.74, 6) is 1.44. The number of fused-ring (bicyclic) bond motifs is 1. The molecule has 2 aromatic carbocycles. The summed E-state index contributed by atoms with van der Waals surface area (Å²) in [6, 6.07) is 12.9. The molecule has 0 unspecified atom stereocenters. The van der Waals surface area contributed by atoms with Crippen LogP contribution in [0.15, 0.2) is 42.5 Å². The van der Waals surface area contributed by atoms with Gasteiger partial charge in [0.25, 0.3) is 5.91 Å². The zero-order chi connectivity index (χ0) is 24.2. The predicted octanol–water partition coefficient (Wildman–Crippen LogP) is 4.33. The van der Waals surface area contributed by atoms with E-state index in [2.05, 4.69) is 15.5 Å². The van der Waals surface area contributed by atoms with Crippen molar-refractivity contribution < 1.29 is 19.0 Å². The monoisotopic (exact) mass is 461 g/mol. The molecule has 1 amide bonds. The molecule has 0 saturated heterocycles. The van der Waals surface area contributed by atoms with E-state index in [0.717, 1.165) is 16.8 Å². The zero-order valence-corrected chi connectivity index (χ0v) is 19.9. The normalized spacial score (nSPS) is 10.9. The van der Waals surface area contributed by atoms with E-state index in [1.54, 1.807) is 37.8 Å². The molecule has 0 radical (unpaired) electrons. The number of aryl methyl sites for hydroxylation is 2. The fraction of sp³-hybridized carbons (Fsp3) is 0.280. The molecule has 0 spiro atoms. The Morgan fingerprint density at radius 2 is 1.76 bits per heavy atom. The molecular formula is C25H27N5O4. The van der Waals surface area contributed by atoms with Crippen molar-refractivity contribution >= 4 is 17.2 Å². The number of anilines is 1. The van der Waals surface area contributed by atoms with Crippen molar-refractivity contribution in [2.45, 2.75) is 27.2 Å². The molecule has 0 saturated carbocycles. The predicted molar refractivity (Wildman–Crippen MR) is 129 cm³/mol. The molecule has 1 N–H and O–H groups in total. The highest BCUT2D eigenvalue weighted by atomic mass is 16.5. The number of aromatic nitrogens is 4. The molecule has 34 heavy (non-hydrogen) atoms. The Morgan fingerprint density at radius 1 is 1.00 bits per heavy atom. The van der Waals surface area contributed by atoms with Gasteiger partial charge in [-0.25, -0.2) is 4.52 Å². The van der Waals surface area contributed by atoms with Crippen molar-refractivity contribution in [3.05, 3.63) is 59.5 Å². The van der Waals surface area contributed by atoms with Crippen LogP contribution in [0, 0.1) is 6.92 Å². The summed E-state index contributed by atoms with van der Waals surface area (Å²) in [7, 11) is 3.19. The van der Waals surface area contributed by atoms with Gasteiger partial charge < -0.3 is 19.5 Å². The van der Waals surface area contributed by atoms with Crippen LogP contribution >= 0.6 is 0 Å². The van der Waals surface area contributed by atoms with Gasteiger partial charge in [-0.05, 0) is 50.1 Å². The first-order chi connectivity index (χ1) is 16.5. The van der Waals surface area contributed by atoms with E-state index in [0.29, 0.717) is 47.3 Å². The number of nitrogens with zero attached hydrogens (tertiary/aromatic N) is 4. The first kappa shape index (κ1) is 23.0. The number of hydrogen-bond acceptors (Lipinski definition) is 7. The Balaban J connectivity index is 1.77. The number of rotatable bonds is 8. The van der Waals surface area contributed by atoms with Crippen LogP contribution in [0.3, 0.4) is 0 Å². The van der Waals surface area contributed by atoms with E-state index in [9.17, 15) is 4.79 Å². The summed E-state index contributed by atoms with van der Waals surface area (Å²) in [5, 5.41) is 16.3. The Kier molecular flexibility index (Phi) is 6.62. The summed E-state index contributed by atoms with van der Waals surface area (Å²) in [5.41, 5.74) is 4.45. The summed E-state index contributed by atoms with van der Waals surface area (Å²) >= 11 is 0. The number of carbonyl (C=O) groups excluding carboxylic acids is 1. The molecule has 9 nitrogen and oxygen atoms in total. The molecule has 2 aromatic heterocycles. The molecule has 0 aliphatic rings. The summed E-state index contributed by atoms with van der Waals surface area (Å²) in [6.07, 6.45) is 0.676. The molecule has 0 aliphatic carbocycles. The van der Waals surface area contributed by atoms with Crippen molar-refractivity contribution in [3.8, 4) is 28.4 Å². The van der Waals surface area contributed by atoms with Crippen molar-refractivity contribution in [2.24, 2.45) is 0 Å². The number of carbonyl (C=O) groups is 1. The van der Waals surface area contributed by atoms with Gasteiger partial charge in [-0.2, -0.15) is 5.10 Å². The maximum Gasteiger partial charge on any atom is 0.278 e. The first-order valence-electron chi connectivity index (χ1n) is 11.0. The summed E-state index contributed by atoms with van der Waals surface area (Å²) < 4.78 is 18.1. The quantitative estimate of drug-likeness (QED) is 0.417. The van der Waals surface area contributed by atoms with Crippen LogP contribution < -0.4 is 19.5 Å². The number of ether oxygens (including phenoxy) is 3. The van der Waals surface area contributed by atoms with Crippen molar-refractivity contribution in [3.63, 3.8) is 0 Å². The molecule has 176 valence electrons. The van der Waals surface area contributed by atoms with Crippen LogP contribution in [0.4, 0.5) is 5.69 Å².